The molecule has 1 aromatic carbocycles. The molecule has 0 saturated heterocycles. The topological polar surface area (TPSA) is 111 Å². The Morgan fingerprint density at radius 2 is 2.03 bits per heavy atom. The largest absolute Gasteiger partial charge is 0.464 e. The predicted molar refractivity (Wildman–Crippen MR) is 130 cm³/mol. The van der Waals surface area contributed by atoms with Gasteiger partial charge in [-0.15, -0.1) is 0 Å². The Morgan fingerprint density at radius 3 is 2.71 bits per heavy atom. The average Bonchev–Trinajstić information content (AvgIpc) is 3.34. The van der Waals surface area contributed by atoms with Crippen molar-refractivity contribution in [1.29, 1.82) is 0 Å². The molecule has 1 aliphatic rings. The van der Waals surface area contributed by atoms with E-state index in [1.165, 1.54) is 0 Å². The summed E-state index contributed by atoms with van der Waals surface area (Å²) in [6.07, 6.45) is 1.05. The first-order valence-electron chi connectivity index (χ1n) is 11.5. The van der Waals surface area contributed by atoms with E-state index in [4.69, 9.17) is 4.74 Å². The number of anilines is 2. The van der Waals surface area contributed by atoms with Gasteiger partial charge in [0.05, 0.1) is 36.6 Å². The minimum atomic E-state index is -0.660. The maximum absolute atomic E-state index is 14.4. The third-order valence-corrected chi connectivity index (χ3v) is 5.99. The maximum Gasteiger partial charge on any atom is 0.319 e. The average molecular weight is 483 g/mol. The van der Waals surface area contributed by atoms with Crippen LogP contribution in [-0.2, 0) is 12.1 Å². The number of H-pyrrole nitrogens is 1. The number of nitrogens with zero attached hydrogens (tertiary/aromatic N) is 5. The third kappa shape index (κ3) is 5.04. The van der Waals surface area contributed by atoms with Crippen LogP contribution in [0.5, 0.6) is 6.01 Å². The normalized spacial score (nSPS) is 15.1. The molecular formula is C24H31FN8O2. The second kappa shape index (κ2) is 9.87. The lowest BCUT2D eigenvalue weighted by atomic mass is 10.0. The first kappa shape index (κ1) is 24.4. The monoisotopic (exact) mass is 482 g/mol. The van der Waals surface area contributed by atoms with Crippen molar-refractivity contribution in [2.24, 2.45) is 0 Å². The van der Waals surface area contributed by atoms with Crippen molar-refractivity contribution in [2.45, 2.75) is 38.9 Å². The number of fused-ring (bicyclic) bond motifs is 1. The molecule has 3 aromatic rings. The summed E-state index contributed by atoms with van der Waals surface area (Å²) in [5.41, 5.74) is 1.91. The van der Waals surface area contributed by atoms with Crippen LogP contribution in [0.4, 0.5) is 20.8 Å². The molecular weight excluding hydrogens is 451 g/mol. The molecule has 4 rings (SSSR count). The minimum Gasteiger partial charge on any atom is -0.464 e. The Balaban J connectivity index is 1.55. The van der Waals surface area contributed by atoms with Crippen molar-refractivity contribution in [1.82, 2.24) is 35.3 Å². The summed E-state index contributed by atoms with van der Waals surface area (Å²) in [4.78, 5) is 25.2. The van der Waals surface area contributed by atoms with Crippen molar-refractivity contribution >= 4 is 17.7 Å². The summed E-state index contributed by atoms with van der Waals surface area (Å²) in [6.45, 7) is 6.99. The van der Waals surface area contributed by atoms with E-state index in [2.05, 4.69) is 30.8 Å². The lowest BCUT2D eigenvalue weighted by Crippen LogP contribution is -2.48. The number of benzene rings is 1. The number of aromatic amines is 1. The number of carbonyl (C=O) groups is 1. The molecule has 2 amide bonds. The van der Waals surface area contributed by atoms with Crippen LogP contribution in [0.1, 0.15) is 43.6 Å². The molecule has 0 saturated carbocycles. The number of likely N-dealkylation sites (N-methyl/N-ethyl adjacent to an activating group) is 1. The van der Waals surface area contributed by atoms with E-state index in [1.807, 2.05) is 63.2 Å². The molecule has 186 valence electrons. The summed E-state index contributed by atoms with van der Waals surface area (Å²) >= 11 is 0. The van der Waals surface area contributed by atoms with Gasteiger partial charge in [0.2, 0.25) is 0 Å². The Hall–Kier alpha value is -3.73. The van der Waals surface area contributed by atoms with Crippen LogP contribution in [0, 0.1) is 5.82 Å². The molecule has 1 aliphatic heterocycles. The highest BCUT2D eigenvalue weighted by Crippen LogP contribution is 2.41. The quantitative estimate of drug-likeness (QED) is 0.450. The summed E-state index contributed by atoms with van der Waals surface area (Å²) in [7, 11) is 3.94. The predicted octanol–water partition coefficient (Wildman–Crippen LogP) is 3.54. The standard InChI is InChI=1S/C24H31FN8O2/c1-6-35-22-26-12-17(25)21(29-22)28-20-16-13-33(24(2,3)19(16)30-31-20)23(34)27-18(14-32(4)5)15-10-8-7-9-11-15/h7-12,18H,6,13-14H2,1-5H3,(H,27,34)(H2,26,28,29,30,31)/t18-/m1/s1. The van der Waals surface area contributed by atoms with Gasteiger partial charge in [-0.25, -0.2) is 14.2 Å². The van der Waals surface area contributed by atoms with Crippen LogP contribution in [0.15, 0.2) is 36.5 Å². The maximum atomic E-state index is 14.4. The van der Waals surface area contributed by atoms with Crippen molar-refractivity contribution in [3.8, 4) is 6.01 Å². The summed E-state index contributed by atoms with van der Waals surface area (Å²) in [5, 5.41) is 13.4. The summed E-state index contributed by atoms with van der Waals surface area (Å²) < 4.78 is 19.6. The molecule has 10 nitrogen and oxygen atoms in total. The van der Waals surface area contributed by atoms with Gasteiger partial charge < -0.3 is 25.2 Å². The van der Waals surface area contributed by atoms with E-state index in [0.29, 0.717) is 25.5 Å². The number of halogens is 1. The van der Waals surface area contributed by atoms with Gasteiger partial charge in [-0.3, -0.25) is 5.10 Å². The van der Waals surface area contributed by atoms with Crippen LogP contribution < -0.4 is 15.4 Å². The van der Waals surface area contributed by atoms with Crippen LogP contribution in [0.25, 0.3) is 0 Å². The molecule has 0 aliphatic carbocycles. The summed E-state index contributed by atoms with van der Waals surface area (Å²) in [5.74, 6) is -0.281. The fraction of sp³-hybridized carbons (Fsp3) is 0.417. The second-order valence-corrected chi connectivity index (χ2v) is 9.15. The lowest BCUT2D eigenvalue weighted by Gasteiger charge is -2.34. The highest BCUT2D eigenvalue weighted by atomic mass is 19.1. The SMILES string of the molecule is CCOc1ncc(F)c(Nc2n[nH]c3c2CN(C(=O)N[C@H](CN(C)C)c2ccccc2)C3(C)C)n1. The zero-order chi connectivity index (χ0) is 25.2. The molecule has 0 unspecified atom stereocenters. The molecule has 3 N–H and O–H groups in total. The van der Waals surface area contributed by atoms with Gasteiger partial charge in [0.1, 0.15) is 0 Å². The number of ether oxygens (including phenoxy) is 1. The molecule has 1 atom stereocenters. The first-order valence-corrected chi connectivity index (χ1v) is 11.5. The van der Waals surface area contributed by atoms with Gasteiger partial charge in [0.25, 0.3) is 0 Å². The number of nitrogens with one attached hydrogen (secondary N) is 3. The van der Waals surface area contributed by atoms with Gasteiger partial charge in [0, 0.05) is 12.1 Å². The van der Waals surface area contributed by atoms with E-state index in [-0.39, 0.29) is 23.9 Å². The number of rotatable bonds is 8. The first-order chi connectivity index (χ1) is 16.7. The van der Waals surface area contributed by atoms with E-state index < -0.39 is 11.4 Å². The Labute approximate surface area is 203 Å². The zero-order valence-electron chi connectivity index (χ0n) is 20.6. The number of carbonyl (C=O) groups excluding carboxylic acids is 1. The summed E-state index contributed by atoms with van der Waals surface area (Å²) in [6, 6.07) is 9.56. The molecule has 11 heteroatoms. The molecule has 0 radical (unpaired) electrons. The third-order valence-electron chi connectivity index (χ3n) is 5.99. The van der Waals surface area contributed by atoms with E-state index in [9.17, 15) is 9.18 Å². The minimum absolute atomic E-state index is 0.0476. The fourth-order valence-electron chi connectivity index (χ4n) is 4.21. The zero-order valence-corrected chi connectivity index (χ0v) is 20.6. The molecule has 3 heterocycles. The number of aromatic nitrogens is 4. The van der Waals surface area contributed by atoms with Crippen LogP contribution in [-0.4, -0.2) is 63.2 Å². The smallest absolute Gasteiger partial charge is 0.319 e. The van der Waals surface area contributed by atoms with Crippen LogP contribution >= 0.6 is 0 Å². The van der Waals surface area contributed by atoms with Crippen molar-refractivity contribution in [2.75, 3.05) is 32.6 Å². The van der Waals surface area contributed by atoms with Gasteiger partial charge in [-0.05, 0) is 40.4 Å². The molecule has 0 spiro atoms. The molecule has 2 aromatic heterocycles. The number of urea groups is 1. The number of hydrogen-bond donors (Lipinski definition) is 3. The fourth-order valence-corrected chi connectivity index (χ4v) is 4.21. The Morgan fingerprint density at radius 1 is 1.29 bits per heavy atom. The van der Waals surface area contributed by atoms with Gasteiger partial charge in [0.15, 0.2) is 17.5 Å². The molecule has 35 heavy (non-hydrogen) atoms. The van der Waals surface area contributed by atoms with E-state index in [0.717, 1.165) is 23.0 Å². The van der Waals surface area contributed by atoms with E-state index in [1.54, 1.807) is 11.8 Å². The highest BCUT2D eigenvalue weighted by molar-refractivity contribution is 5.78. The second-order valence-electron chi connectivity index (χ2n) is 9.15. The highest BCUT2D eigenvalue weighted by Gasteiger charge is 2.44. The van der Waals surface area contributed by atoms with Crippen molar-refractivity contribution < 1.29 is 13.9 Å². The molecule has 0 bridgehead atoms. The lowest BCUT2D eigenvalue weighted by molar-refractivity contribution is 0.138. The number of amides is 2. The van der Waals surface area contributed by atoms with Crippen LogP contribution in [0.2, 0.25) is 0 Å². The van der Waals surface area contributed by atoms with Crippen molar-refractivity contribution in [3.05, 3.63) is 59.2 Å². The molecule has 0 fully saturated rings. The van der Waals surface area contributed by atoms with Crippen molar-refractivity contribution in [3.63, 3.8) is 0 Å². The van der Waals surface area contributed by atoms with Crippen LogP contribution in [0.3, 0.4) is 0 Å². The van der Waals surface area contributed by atoms with Gasteiger partial charge >= 0.3 is 12.0 Å². The van der Waals surface area contributed by atoms with Gasteiger partial charge in [-0.2, -0.15) is 10.1 Å². The van der Waals surface area contributed by atoms with E-state index >= 15 is 0 Å². The Bertz CT molecular complexity index is 1180. The number of hydrogen-bond acceptors (Lipinski definition) is 7. The van der Waals surface area contributed by atoms with Gasteiger partial charge in [-0.1, -0.05) is 30.3 Å². The Kier molecular flexibility index (Phi) is 6.88.